The van der Waals surface area contributed by atoms with Gasteiger partial charge in [-0.15, -0.1) is 0 Å². The second-order valence-electron chi connectivity index (χ2n) is 4.48. The van der Waals surface area contributed by atoms with Gasteiger partial charge in [-0.05, 0) is 20.3 Å². The summed E-state index contributed by atoms with van der Waals surface area (Å²) in [6.45, 7) is 4.33. The van der Waals surface area contributed by atoms with Gasteiger partial charge in [0.2, 0.25) is 5.91 Å². The summed E-state index contributed by atoms with van der Waals surface area (Å²) >= 11 is 0. The Morgan fingerprint density at radius 3 is 3.06 bits per heavy atom. The van der Waals surface area contributed by atoms with Gasteiger partial charge in [-0.25, -0.2) is 9.67 Å². The average molecular weight is 253 g/mol. The van der Waals surface area contributed by atoms with Crippen molar-refractivity contribution in [3.05, 3.63) is 12.7 Å². The lowest BCUT2D eigenvalue weighted by molar-refractivity contribution is -0.128. The number of ether oxygens (including phenoxy) is 1. The van der Waals surface area contributed by atoms with Crippen molar-refractivity contribution >= 4 is 5.91 Å². The summed E-state index contributed by atoms with van der Waals surface area (Å²) in [6.07, 6.45) is 3.74. The van der Waals surface area contributed by atoms with Crippen molar-refractivity contribution in [2.24, 2.45) is 5.73 Å². The van der Waals surface area contributed by atoms with Gasteiger partial charge < -0.3 is 15.8 Å². The standard InChI is InChI=1S/C11H19N5O2/c1-3-18-9-4-8(12)10(9)15-11(17)7(2)16-6-13-5-14-16/h5-10H,3-4,12H2,1-2H3,(H,15,17). The van der Waals surface area contributed by atoms with Crippen LogP contribution in [-0.4, -0.2) is 45.5 Å². The molecule has 3 N–H and O–H groups in total. The van der Waals surface area contributed by atoms with Crippen molar-refractivity contribution in [3.63, 3.8) is 0 Å². The second kappa shape index (κ2) is 5.45. The van der Waals surface area contributed by atoms with Gasteiger partial charge in [0, 0.05) is 12.6 Å². The molecule has 1 aromatic rings. The van der Waals surface area contributed by atoms with Crippen LogP contribution in [0.25, 0.3) is 0 Å². The summed E-state index contributed by atoms with van der Waals surface area (Å²) in [7, 11) is 0. The zero-order valence-corrected chi connectivity index (χ0v) is 10.6. The maximum absolute atomic E-state index is 12.0. The summed E-state index contributed by atoms with van der Waals surface area (Å²) in [5.41, 5.74) is 5.88. The van der Waals surface area contributed by atoms with E-state index in [-0.39, 0.29) is 24.1 Å². The van der Waals surface area contributed by atoms with Crippen molar-refractivity contribution < 1.29 is 9.53 Å². The third kappa shape index (κ3) is 2.51. The monoisotopic (exact) mass is 253 g/mol. The number of hydrogen-bond acceptors (Lipinski definition) is 5. The Balaban J connectivity index is 1.90. The summed E-state index contributed by atoms with van der Waals surface area (Å²) in [4.78, 5) is 15.8. The number of amides is 1. The van der Waals surface area contributed by atoms with E-state index in [2.05, 4.69) is 15.4 Å². The number of carbonyl (C=O) groups is 1. The van der Waals surface area contributed by atoms with Crippen molar-refractivity contribution in [3.8, 4) is 0 Å². The van der Waals surface area contributed by atoms with Crippen LogP contribution in [0.15, 0.2) is 12.7 Å². The Morgan fingerprint density at radius 1 is 1.72 bits per heavy atom. The maximum Gasteiger partial charge on any atom is 0.245 e. The van der Waals surface area contributed by atoms with Gasteiger partial charge in [0.05, 0.1) is 12.1 Å². The third-order valence-corrected chi connectivity index (χ3v) is 3.27. The molecule has 0 aliphatic heterocycles. The van der Waals surface area contributed by atoms with Crippen LogP contribution in [0.5, 0.6) is 0 Å². The highest BCUT2D eigenvalue weighted by atomic mass is 16.5. The van der Waals surface area contributed by atoms with Crippen molar-refractivity contribution in [1.82, 2.24) is 20.1 Å². The minimum absolute atomic E-state index is 0.0249. The normalized spacial score (nSPS) is 28.5. The van der Waals surface area contributed by atoms with Gasteiger partial charge in [0.1, 0.15) is 18.7 Å². The Morgan fingerprint density at radius 2 is 2.50 bits per heavy atom. The molecule has 100 valence electrons. The molecule has 0 aromatic carbocycles. The number of carbonyl (C=O) groups excluding carboxylic acids is 1. The van der Waals surface area contributed by atoms with Crippen LogP contribution in [0.1, 0.15) is 26.3 Å². The predicted molar refractivity (Wildman–Crippen MR) is 64.7 cm³/mol. The SMILES string of the molecule is CCOC1CC(N)C1NC(=O)C(C)n1cncn1. The highest BCUT2D eigenvalue weighted by Gasteiger charge is 2.41. The van der Waals surface area contributed by atoms with Gasteiger partial charge in [-0.2, -0.15) is 5.10 Å². The largest absolute Gasteiger partial charge is 0.376 e. The Bertz CT molecular complexity index is 392. The van der Waals surface area contributed by atoms with E-state index in [1.807, 2.05) is 6.92 Å². The van der Waals surface area contributed by atoms with Gasteiger partial charge in [0.25, 0.3) is 0 Å². The molecule has 0 bridgehead atoms. The van der Waals surface area contributed by atoms with E-state index in [1.165, 1.54) is 17.3 Å². The minimum atomic E-state index is -0.400. The van der Waals surface area contributed by atoms with E-state index in [9.17, 15) is 4.79 Å². The molecular weight excluding hydrogens is 234 g/mol. The number of rotatable bonds is 5. The molecule has 7 nitrogen and oxygen atoms in total. The number of nitrogens with one attached hydrogen (secondary N) is 1. The molecule has 1 fully saturated rings. The van der Waals surface area contributed by atoms with Crippen LogP contribution < -0.4 is 11.1 Å². The molecule has 1 heterocycles. The molecule has 18 heavy (non-hydrogen) atoms. The van der Waals surface area contributed by atoms with Crippen molar-refractivity contribution in [1.29, 1.82) is 0 Å². The zero-order chi connectivity index (χ0) is 13.1. The van der Waals surface area contributed by atoms with Gasteiger partial charge in [0.15, 0.2) is 0 Å². The molecule has 1 saturated carbocycles. The lowest BCUT2D eigenvalue weighted by Crippen LogP contribution is -2.65. The number of hydrogen-bond donors (Lipinski definition) is 2. The molecule has 0 saturated heterocycles. The Labute approximate surface area is 106 Å². The average Bonchev–Trinajstić information content (AvgIpc) is 2.88. The molecule has 4 atom stereocenters. The fourth-order valence-corrected chi connectivity index (χ4v) is 2.05. The van der Waals surface area contributed by atoms with E-state index < -0.39 is 6.04 Å². The van der Waals surface area contributed by atoms with Crippen LogP contribution in [-0.2, 0) is 9.53 Å². The van der Waals surface area contributed by atoms with E-state index >= 15 is 0 Å². The molecule has 7 heteroatoms. The molecule has 1 aromatic heterocycles. The van der Waals surface area contributed by atoms with Crippen LogP contribution in [0.3, 0.4) is 0 Å². The number of nitrogens with two attached hydrogens (primary N) is 1. The van der Waals surface area contributed by atoms with Crippen molar-refractivity contribution in [2.45, 2.75) is 44.5 Å². The van der Waals surface area contributed by atoms with E-state index in [0.717, 1.165) is 6.42 Å². The molecule has 2 rings (SSSR count). The van der Waals surface area contributed by atoms with Crippen molar-refractivity contribution in [2.75, 3.05) is 6.61 Å². The molecule has 0 spiro atoms. The molecule has 1 amide bonds. The third-order valence-electron chi connectivity index (χ3n) is 3.27. The highest BCUT2D eigenvalue weighted by Crippen LogP contribution is 2.23. The molecule has 4 unspecified atom stereocenters. The van der Waals surface area contributed by atoms with Crippen LogP contribution in [0, 0.1) is 0 Å². The fourth-order valence-electron chi connectivity index (χ4n) is 2.05. The molecule has 0 radical (unpaired) electrons. The first-order valence-electron chi connectivity index (χ1n) is 6.15. The van der Waals surface area contributed by atoms with Crippen LogP contribution >= 0.6 is 0 Å². The predicted octanol–water partition coefficient (Wildman–Crippen LogP) is -0.540. The van der Waals surface area contributed by atoms with Gasteiger partial charge in [-0.3, -0.25) is 4.79 Å². The van der Waals surface area contributed by atoms with Gasteiger partial charge >= 0.3 is 0 Å². The first-order chi connectivity index (χ1) is 8.63. The highest BCUT2D eigenvalue weighted by molar-refractivity contribution is 5.80. The number of nitrogens with zero attached hydrogens (tertiary/aromatic N) is 3. The topological polar surface area (TPSA) is 95.1 Å². The summed E-state index contributed by atoms with van der Waals surface area (Å²) < 4.78 is 7.01. The van der Waals surface area contributed by atoms with E-state index in [1.54, 1.807) is 6.92 Å². The molecule has 1 aliphatic carbocycles. The number of aromatic nitrogens is 3. The Kier molecular flexibility index (Phi) is 3.93. The summed E-state index contributed by atoms with van der Waals surface area (Å²) in [6, 6.07) is -0.542. The first kappa shape index (κ1) is 13.0. The van der Waals surface area contributed by atoms with E-state index in [0.29, 0.717) is 6.61 Å². The minimum Gasteiger partial charge on any atom is -0.376 e. The fraction of sp³-hybridized carbons (Fsp3) is 0.727. The van der Waals surface area contributed by atoms with E-state index in [4.69, 9.17) is 10.5 Å². The van der Waals surface area contributed by atoms with Gasteiger partial charge in [-0.1, -0.05) is 0 Å². The Hall–Kier alpha value is -1.47. The quantitative estimate of drug-likeness (QED) is 0.735. The molecular formula is C11H19N5O2. The molecule has 1 aliphatic rings. The first-order valence-corrected chi connectivity index (χ1v) is 6.15. The van der Waals surface area contributed by atoms with Crippen LogP contribution in [0.4, 0.5) is 0 Å². The van der Waals surface area contributed by atoms with Crippen LogP contribution in [0.2, 0.25) is 0 Å². The zero-order valence-electron chi connectivity index (χ0n) is 10.6. The lowest BCUT2D eigenvalue weighted by atomic mass is 9.83. The second-order valence-corrected chi connectivity index (χ2v) is 4.48. The summed E-state index contributed by atoms with van der Waals surface area (Å²) in [5, 5.41) is 6.86. The summed E-state index contributed by atoms with van der Waals surface area (Å²) in [5.74, 6) is -0.120. The maximum atomic E-state index is 12.0. The smallest absolute Gasteiger partial charge is 0.245 e. The lowest BCUT2D eigenvalue weighted by Gasteiger charge is -2.42.